The molecule has 0 aromatic heterocycles. The molecule has 4 heterocycles. The van der Waals surface area contributed by atoms with Gasteiger partial charge >= 0.3 is 0 Å². The summed E-state index contributed by atoms with van der Waals surface area (Å²) in [6.07, 6.45) is 5.73. The van der Waals surface area contributed by atoms with Gasteiger partial charge in [0.2, 0.25) is 5.79 Å². The van der Waals surface area contributed by atoms with Crippen molar-refractivity contribution in [2.24, 2.45) is 23.7 Å². The van der Waals surface area contributed by atoms with Gasteiger partial charge in [-0.15, -0.1) is 0 Å². The molecule has 23 heavy (non-hydrogen) atoms. The lowest BCUT2D eigenvalue weighted by atomic mass is 9.57. The van der Waals surface area contributed by atoms with Gasteiger partial charge in [-0.1, -0.05) is 13.8 Å². The van der Waals surface area contributed by atoms with E-state index in [1.165, 1.54) is 6.42 Å². The number of ether oxygens (including phenoxy) is 2. The van der Waals surface area contributed by atoms with Crippen molar-refractivity contribution >= 4 is 0 Å². The minimum atomic E-state index is -0.695. The molecule has 5 nitrogen and oxygen atoms in total. The molecule has 1 saturated carbocycles. The number of hydrogen-bond acceptors (Lipinski definition) is 5. The first kappa shape index (κ1) is 16.3. The van der Waals surface area contributed by atoms with Crippen molar-refractivity contribution in [3.05, 3.63) is 0 Å². The highest BCUT2D eigenvalue weighted by atomic mass is 17.3. The van der Waals surface area contributed by atoms with Crippen molar-refractivity contribution in [1.82, 2.24) is 0 Å². The first-order chi connectivity index (χ1) is 11.0. The average molecular weight is 326 g/mol. The first-order valence-corrected chi connectivity index (χ1v) is 9.31. The van der Waals surface area contributed by atoms with Crippen LogP contribution in [0.4, 0.5) is 0 Å². The van der Waals surface area contributed by atoms with E-state index < -0.39 is 11.4 Å². The predicted molar refractivity (Wildman–Crippen MR) is 83.1 cm³/mol. The zero-order valence-corrected chi connectivity index (χ0v) is 14.5. The molecular weight excluding hydrogens is 296 g/mol. The number of aliphatic hydroxyl groups excluding tert-OH is 1. The van der Waals surface area contributed by atoms with Crippen LogP contribution in [0.15, 0.2) is 0 Å². The summed E-state index contributed by atoms with van der Waals surface area (Å²) >= 11 is 0. The normalized spacial score (nSPS) is 55.3. The Bertz CT molecular complexity index is 457. The van der Waals surface area contributed by atoms with Crippen LogP contribution in [0.1, 0.15) is 59.3 Å². The van der Waals surface area contributed by atoms with Gasteiger partial charge < -0.3 is 14.6 Å². The summed E-state index contributed by atoms with van der Waals surface area (Å²) in [6.45, 7) is 6.78. The second-order valence-corrected chi connectivity index (χ2v) is 8.31. The fraction of sp³-hybridized carbons (Fsp3) is 1.00. The highest BCUT2D eigenvalue weighted by molar-refractivity contribution is 5.09. The highest BCUT2D eigenvalue weighted by Crippen LogP contribution is 2.60. The summed E-state index contributed by atoms with van der Waals surface area (Å²) < 4.78 is 12.7. The second-order valence-electron chi connectivity index (χ2n) is 8.31. The van der Waals surface area contributed by atoms with E-state index in [1.54, 1.807) is 0 Å². The molecule has 1 aliphatic carbocycles. The minimum absolute atomic E-state index is 0.128. The molecule has 132 valence electrons. The Balaban J connectivity index is 1.70. The SMILES string of the molecule is C[C@H]1[C@@H](CCCO)OC2O[C@]3(C)CC[C@H]4[C@H](C)CC[C@@H]1[C@@]24OO3. The lowest BCUT2D eigenvalue weighted by Crippen LogP contribution is -2.70. The zero-order chi connectivity index (χ0) is 16.2. The maximum Gasteiger partial charge on any atom is 0.201 e. The fourth-order valence-electron chi connectivity index (χ4n) is 5.60. The van der Waals surface area contributed by atoms with Crippen LogP contribution in [0, 0.1) is 23.7 Å². The van der Waals surface area contributed by atoms with Crippen LogP contribution in [-0.4, -0.2) is 35.5 Å². The molecular formula is C18H30O5. The standard InChI is InChI=1S/C18H30O5/c1-11-6-7-14-12(2)15(5-4-10-19)20-16-18(14)13(11)8-9-17(3,21-16)22-23-18/h11-16,19H,4-10H2,1-3H3/t11-,12-,13+,14+,15-,16?,17+,18-/m1/s1. The Morgan fingerprint density at radius 1 is 1.09 bits per heavy atom. The number of rotatable bonds is 3. The van der Waals surface area contributed by atoms with Crippen molar-refractivity contribution in [3.63, 3.8) is 0 Å². The van der Waals surface area contributed by atoms with Gasteiger partial charge in [0.05, 0.1) is 6.10 Å². The van der Waals surface area contributed by atoms with E-state index in [-0.39, 0.29) is 19.0 Å². The summed E-state index contributed by atoms with van der Waals surface area (Å²) in [5.41, 5.74) is -0.456. The van der Waals surface area contributed by atoms with Crippen molar-refractivity contribution < 1.29 is 24.4 Å². The fourth-order valence-corrected chi connectivity index (χ4v) is 5.60. The summed E-state index contributed by atoms with van der Waals surface area (Å²) in [4.78, 5) is 11.9. The van der Waals surface area contributed by atoms with Crippen molar-refractivity contribution in [1.29, 1.82) is 0 Å². The Hall–Kier alpha value is -0.200. The molecule has 5 rings (SSSR count). The number of hydrogen-bond donors (Lipinski definition) is 1. The van der Waals surface area contributed by atoms with Gasteiger partial charge in [-0.05, 0) is 56.8 Å². The summed E-state index contributed by atoms with van der Waals surface area (Å²) in [6, 6.07) is 0. The number of fused-ring (bicyclic) bond motifs is 2. The Kier molecular flexibility index (Phi) is 4.01. The van der Waals surface area contributed by atoms with Crippen LogP contribution in [0.3, 0.4) is 0 Å². The molecule has 1 N–H and O–H groups in total. The van der Waals surface area contributed by atoms with Gasteiger partial charge in [0.1, 0.15) is 0 Å². The van der Waals surface area contributed by atoms with Gasteiger partial charge in [-0.3, -0.25) is 0 Å². The summed E-state index contributed by atoms with van der Waals surface area (Å²) in [7, 11) is 0. The van der Waals surface area contributed by atoms with E-state index in [9.17, 15) is 5.11 Å². The molecule has 8 atom stereocenters. The maximum absolute atomic E-state index is 9.19. The van der Waals surface area contributed by atoms with Gasteiger partial charge in [-0.2, -0.15) is 0 Å². The molecule has 0 aromatic rings. The van der Waals surface area contributed by atoms with E-state index in [4.69, 9.17) is 19.2 Å². The zero-order valence-electron chi connectivity index (χ0n) is 14.5. The Labute approximate surface area is 138 Å². The van der Waals surface area contributed by atoms with Crippen LogP contribution in [-0.2, 0) is 19.2 Å². The lowest BCUT2D eigenvalue weighted by Gasteiger charge is -2.60. The topological polar surface area (TPSA) is 57.2 Å². The smallest absolute Gasteiger partial charge is 0.201 e. The molecule has 5 heteroatoms. The molecule has 2 bridgehead atoms. The van der Waals surface area contributed by atoms with Crippen molar-refractivity contribution in [3.8, 4) is 0 Å². The van der Waals surface area contributed by atoms with E-state index in [0.717, 1.165) is 32.1 Å². The molecule has 4 saturated heterocycles. The van der Waals surface area contributed by atoms with E-state index in [2.05, 4.69) is 13.8 Å². The van der Waals surface area contributed by atoms with E-state index >= 15 is 0 Å². The van der Waals surface area contributed by atoms with Gasteiger partial charge in [0.15, 0.2) is 11.9 Å². The molecule has 5 fully saturated rings. The predicted octanol–water partition coefficient (Wildman–Crippen LogP) is 3.01. The third kappa shape index (κ3) is 2.31. The summed E-state index contributed by atoms with van der Waals surface area (Å²) in [5.74, 6) is 1.12. The molecule has 0 amide bonds. The highest BCUT2D eigenvalue weighted by Gasteiger charge is 2.69. The number of aliphatic hydroxyl groups is 1. The van der Waals surface area contributed by atoms with Crippen molar-refractivity contribution in [2.45, 2.75) is 83.1 Å². The van der Waals surface area contributed by atoms with Crippen LogP contribution >= 0.6 is 0 Å². The van der Waals surface area contributed by atoms with Crippen LogP contribution in [0.5, 0.6) is 0 Å². The van der Waals surface area contributed by atoms with Gasteiger partial charge in [0, 0.05) is 18.9 Å². The molecule has 4 aliphatic heterocycles. The monoisotopic (exact) mass is 326 g/mol. The molecule has 0 radical (unpaired) electrons. The average Bonchev–Trinajstić information content (AvgIpc) is 2.76. The van der Waals surface area contributed by atoms with Crippen LogP contribution in [0.25, 0.3) is 0 Å². The molecule has 0 aromatic carbocycles. The second kappa shape index (κ2) is 5.67. The maximum atomic E-state index is 9.19. The van der Waals surface area contributed by atoms with E-state index in [0.29, 0.717) is 23.7 Å². The molecule has 5 aliphatic rings. The molecule has 1 spiro atoms. The minimum Gasteiger partial charge on any atom is -0.396 e. The Morgan fingerprint density at radius 2 is 1.91 bits per heavy atom. The quantitative estimate of drug-likeness (QED) is 0.808. The third-order valence-corrected chi connectivity index (χ3v) is 6.94. The van der Waals surface area contributed by atoms with Gasteiger partial charge in [-0.25, -0.2) is 9.78 Å². The van der Waals surface area contributed by atoms with Crippen LogP contribution < -0.4 is 0 Å². The Morgan fingerprint density at radius 3 is 2.70 bits per heavy atom. The van der Waals surface area contributed by atoms with Gasteiger partial charge in [0.25, 0.3) is 0 Å². The summed E-state index contributed by atoms with van der Waals surface area (Å²) in [5, 5.41) is 9.19. The largest absolute Gasteiger partial charge is 0.396 e. The van der Waals surface area contributed by atoms with Crippen molar-refractivity contribution in [2.75, 3.05) is 6.61 Å². The lowest BCUT2D eigenvalue weighted by molar-refractivity contribution is -0.571. The molecule has 1 unspecified atom stereocenters. The van der Waals surface area contributed by atoms with Crippen LogP contribution in [0.2, 0.25) is 0 Å². The first-order valence-electron chi connectivity index (χ1n) is 9.31. The van der Waals surface area contributed by atoms with E-state index in [1.807, 2.05) is 6.92 Å². The third-order valence-electron chi connectivity index (χ3n) is 6.94.